The topological polar surface area (TPSA) is 106 Å². The number of benzene rings is 2. The van der Waals surface area contributed by atoms with Crippen LogP contribution in [-0.2, 0) is 4.79 Å². The van der Waals surface area contributed by atoms with E-state index in [0.29, 0.717) is 36.2 Å². The number of likely N-dealkylation sites (tertiary alicyclic amines) is 1. The summed E-state index contributed by atoms with van der Waals surface area (Å²) in [5, 5.41) is 7.08. The molecule has 3 N–H and O–H groups in total. The third kappa shape index (κ3) is 3.88. The van der Waals surface area contributed by atoms with Crippen LogP contribution in [0.5, 0.6) is 11.5 Å². The Kier molecular flexibility index (Phi) is 5.52. The Morgan fingerprint density at radius 1 is 1.15 bits per heavy atom. The van der Waals surface area contributed by atoms with Crippen molar-refractivity contribution in [2.45, 2.75) is 19.4 Å². The number of nitrogens with zero attached hydrogens (tertiary/aromatic N) is 3. The van der Waals surface area contributed by atoms with E-state index in [1.165, 1.54) is 0 Å². The summed E-state index contributed by atoms with van der Waals surface area (Å²) in [4.78, 5) is 26.8. The highest BCUT2D eigenvalue weighted by molar-refractivity contribution is 6.02. The standard InChI is InChI=1S/C26H23N5O3/c1-2-6-22(32)30-14-13-18(15-30)31-16-21(23-24(31)26(33)29-28-25(23)27)17-9-11-20(12-10-17)34-19-7-4-3-5-8-19/h3-5,7-12,16,18H,13-15H2,1H3,(H2,27,28)(H,29,33)/t18-/m1/s1. The summed E-state index contributed by atoms with van der Waals surface area (Å²) < 4.78 is 7.81. The number of H-pyrrole nitrogens is 1. The molecule has 170 valence electrons. The molecule has 0 saturated carbocycles. The van der Waals surface area contributed by atoms with Gasteiger partial charge in [0.05, 0.1) is 11.4 Å². The van der Waals surface area contributed by atoms with Gasteiger partial charge in [-0.25, -0.2) is 5.10 Å². The Hall–Kier alpha value is -4.51. The fraction of sp³-hybridized carbons (Fsp3) is 0.192. The lowest BCUT2D eigenvalue weighted by molar-refractivity contribution is -0.124. The molecule has 0 aliphatic carbocycles. The molecule has 1 saturated heterocycles. The molecular formula is C26H23N5O3. The van der Waals surface area contributed by atoms with E-state index in [1.807, 2.05) is 65.4 Å². The summed E-state index contributed by atoms with van der Waals surface area (Å²) in [5.41, 5.74) is 8.03. The van der Waals surface area contributed by atoms with Crippen LogP contribution in [0.15, 0.2) is 65.6 Å². The maximum absolute atomic E-state index is 12.8. The van der Waals surface area contributed by atoms with Gasteiger partial charge in [0.1, 0.15) is 17.0 Å². The Labute approximate surface area is 196 Å². The van der Waals surface area contributed by atoms with Crippen LogP contribution in [0.2, 0.25) is 0 Å². The number of carbonyl (C=O) groups is 1. The number of carbonyl (C=O) groups excluding carboxylic acids is 1. The van der Waals surface area contributed by atoms with Gasteiger partial charge in [-0.2, -0.15) is 5.10 Å². The predicted octanol–water partition coefficient (Wildman–Crippen LogP) is 3.56. The van der Waals surface area contributed by atoms with Crippen LogP contribution >= 0.6 is 0 Å². The van der Waals surface area contributed by atoms with Crippen LogP contribution in [0.25, 0.3) is 22.0 Å². The number of fused-ring (bicyclic) bond motifs is 1. The van der Waals surface area contributed by atoms with Crippen LogP contribution in [0, 0.1) is 11.8 Å². The van der Waals surface area contributed by atoms with Crippen molar-refractivity contribution in [3.63, 3.8) is 0 Å². The van der Waals surface area contributed by atoms with Crippen LogP contribution < -0.4 is 16.0 Å². The zero-order chi connectivity index (χ0) is 23.7. The first-order valence-corrected chi connectivity index (χ1v) is 11.0. The van der Waals surface area contributed by atoms with Crippen LogP contribution in [0.3, 0.4) is 0 Å². The van der Waals surface area contributed by atoms with Crippen molar-refractivity contribution >= 4 is 22.6 Å². The van der Waals surface area contributed by atoms with Crippen molar-refractivity contribution in [2.75, 3.05) is 18.8 Å². The maximum Gasteiger partial charge on any atom is 0.298 e. The van der Waals surface area contributed by atoms with Gasteiger partial charge in [0, 0.05) is 24.8 Å². The quantitative estimate of drug-likeness (QED) is 0.460. The van der Waals surface area contributed by atoms with Gasteiger partial charge in [-0.15, -0.1) is 0 Å². The Morgan fingerprint density at radius 3 is 2.62 bits per heavy atom. The predicted molar refractivity (Wildman–Crippen MR) is 130 cm³/mol. The number of ether oxygens (including phenoxy) is 1. The van der Waals surface area contributed by atoms with Crippen molar-refractivity contribution in [1.29, 1.82) is 0 Å². The lowest BCUT2D eigenvalue weighted by Crippen LogP contribution is -2.28. The number of hydrogen-bond donors (Lipinski definition) is 2. The normalized spacial score (nSPS) is 15.2. The molecule has 34 heavy (non-hydrogen) atoms. The first kappa shape index (κ1) is 21.3. The van der Waals surface area contributed by atoms with E-state index in [1.54, 1.807) is 11.8 Å². The van der Waals surface area contributed by atoms with E-state index in [9.17, 15) is 9.59 Å². The number of para-hydroxylation sites is 1. The molecule has 5 rings (SSSR count). The van der Waals surface area contributed by atoms with Gasteiger partial charge in [0.25, 0.3) is 11.5 Å². The number of aromatic amines is 1. The monoisotopic (exact) mass is 453 g/mol. The second-order valence-electron chi connectivity index (χ2n) is 8.12. The van der Waals surface area contributed by atoms with Crippen molar-refractivity contribution in [1.82, 2.24) is 19.7 Å². The highest BCUT2D eigenvalue weighted by Crippen LogP contribution is 2.36. The molecular weight excluding hydrogens is 430 g/mol. The second kappa shape index (κ2) is 8.79. The molecule has 8 heteroatoms. The molecule has 0 spiro atoms. The van der Waals surface area contributed by atoms with Crippen LogP contribution in [0.1, 0.15) is 19.4 Å². The van der Waals surface area contributed by atoms with E-state index in [0.717, 1.165) is 16.9 Å². The Bertz CT molecular complexity index is 1480. The highest BCUT2D eigenvalue weighted by Gasteiger charge is 2.29. The van der Waals surface area contributed by atoms with Crippen molar-refractivity contribution in [3.8, 4) is 34.5 Å². The van der Waals surface area contributed by atoms with Gasteiger partial charge < -0.3 is 19.9 Å². The van der Waals surface area contributed by atoms with Gasteiger partial charge in [0.2, 0.25) is 0 Å². The summed E-state index contributed by atoms with van der Waals surface area (Å²) >= 11 is 0. The van der Waals surface area contributed by atoms with E-state index in [4.69, 9.17) is 10.5 Å². The van der Waals surface area contributed by atoms with Crippen molar-refractivity contribution < 1.29 is 9.53 Å². The minimum atomic E-state index is -0.322. The molecule has 4 aromatic rings. The van der Waals surface area contributed by atoms with E-state index in [-0.39, 0.29) is 23.3 Å². The SMILES string of the molecule is CC#CC(=O)N1CC[C@@H](n2cc(-c3ccc(Oc4ccccc4)cc3)c3c(N)n[nH]c(=O)c32)C1. The Morgan fingerprint density at radius 2 is 1.88 bits per heavy atom. The van der Waals surface area contributed by atoms with E-state index in [2.05, 4.69) is 22.0 Å². The first-order chi connectivity index (χ1) is 16.5. The summed E-state index contributed by atoms with van der Waals surface area (Å²) in [6.07, 6.45) is 2.64. The zero-order valence-corrected chi connectivity index (χ0v) is 18.6. The summed E-state index contributed by atoms with van der Waals surface area (Å²) in [5.74, 6) is 6.73. The van der Waals surface area contributed by atoms with Gasteiger partial charge in [0.15, 0.2) is 5.82 Å². The molecule has 1 aliphatic rings. The molecule has 1 fully saturated rings. The van der Waals surface area contributed by atoms with Gasteiger partial charge in [-0.05, 0) is 49.1 Å². The maximum atomic E-state index is 12.8. The summed E-state index contributed by atoms with van der Waals surface area (Å²) in [6, 6.07) is 17.1. The Balaban J connectivity index is 1.52. The minimum Gasteiger partial charge on any atom is -0.457 e. The number of nitrogens with one attached hydrogen (secondary N) is 1. The molecule has 3 heterocycles. The number of nitrogen functional groups attached to an aromatic ring is 1. The molecule has 1 aliphatic heterocycles. The van der Waals surface area contributed by atoms with Gasteiger partial charge >= 0.3 is 0 Å². The number of anilines is 1. The lowest BCUT2D eigenvalue weighted by atomic mass is 10.1. The smallest absolute Gasteiger partial charge is 0.298 e. The number of nitrogens with two attached hydrogens (primary N) is 1. The molecule has 1 atom stereocenters. The van der Waals surface area contributed by atoms with E-state index < -0.39 is 0 Å². The molecule has 2 aromatic carbocycles. The molecule has 8 nitrogen and oxygen atoms in total. The van der Waals surface area contributed by atoms with Gasteiger partial charge in [-0.1, -0.05) is 36.3 Å². The fourth-order valence-electron chi connectivity index (χ4n) is 4.41. The van der Waals surface area contributed by atoms with Gasteiger partial charge in [-0.3, -0.25) is 9.59 Å². The average Bonchev–Trinajstić information content (AvgIpc) is 3.49. The lowest BCUT2D eigenvalue weighted by Gasteiger charge is -2.15. The van der Waals surface area contributed by atoms with Crippen LogP contribution in [-0.4, -0.2) is 38.7 Å². The highest BCUT2D eigenvalue weighted by atomic mass is 16.5. The molecule has 1 amide bonds. The summed E-state index contributed by atoms with van der Waals surface area (Å²) in [7, 11) is 0. The molecule has 2 aromatic heterocycles. The number of amides is 1. The van der Waals surface area contributed by atoms with E-state index >= 15 is 0 Å². The molecule has 0 unspecified atom stereocenters. The third-order valence-electron chi connectivity index (χ3n) is 6.00. The summed E-state index contributed by atoms with van der Waals surface area (Å²) in [6.45, 7) is 2.70. The van der Waals surface area contributed by atoms with Crippen molar-refractivity contribution in [2.24, 2.45) is 0 Å². The largest absolute Gasteiger partial charge is 0.457 e. The number of hydrogen-bond acceptors (Lipinski definition) is 5. The fourth-order valence-corrected chi connectivity index (χ4v) is 4.41. The third-order valence-corrected chi connectivity index (χ3v) is 6.00. The number of rotatable bonds is 4. The van der Waals surface area contributed by atoms with Crippen LogP contribution in [0.4, 0.5) is 5.82 Å². The molecule has 0 radical (unpaired) electrons. The second-order valence-corrected chi connectivity index (χ2v) is 8.12. The minimum absolute atomic E-state index is 0.0672. The van der Waals surface area contributed by atoms with Crippen molar-refractivity contribution in [3.05, 3.63) is 71.1 Å². The first-order valence-electron chi connectivity index (χ1n) is 11.0. The number of aromatic nitrogens is 3. The zero-order valence-electron chi connectivity index (χ0n) is 18.6. The molecule has 0 bridgehead atoms. The average molecular weight is 454 g/mol.